The average Bonchev–Trinajstić information content (AvgIpc) is 3.11. The molecule has 0 heterocycles. The molecule has 0 saturated heterocycles. The smallest absolute Gasteiger partial charge is 0.407 e. The molecular weight excluding hydrogens is 408 g/mol. The highest BCUT2D eigenvalue weighted by Gasteiger charge is 2.29. The Morgan fingerprint density at radius 1 is 1.03 bits per heavy atom. The number of ether oxygens (including phenoxy) is 1. The van der Waals surface area contributed by atoms with Gasteiger partial charge in [0, 0.05) is 31.5 Å². The number of carboxylic acids is 1. The third kappa shape index (κ3) is 5.46. The second-order valence-electron chi connectivity index (χ2n) is 7.90. The lowest BCUT2D eigenvalue weighted by atomic mass is 9.98. The van der Waals surface area contributed by atoms with E-state index in [-0.39, 0.29) is 43.9 Å². The van der Waals surface area contributed by atoms with Gasteiger partial charge in [0.05, 0.1) is 6.42 Å². The standard InChI is InChI=1S/C25H30N2O5/c1-3-17(15-23(28)27(4-2)14-13-24(29)30)26-25(31)32-16-22-20-11-7-5-9-18(20)19-10-6-8-12-21(19)22/h5-12,17,22H,3-4,13-16H2,1-2H3,(H,26,31)(H,29,30)/t17-/m1/s1. The molecular formula is C25H30N2O5. The number of nitrogens with one attached hydrogen (secondary N) is 1. The van der Waals surface area contributed by atoms with Gasteiger partial charge in [-0.2, -0.15) is 0 Å². The number of hydrogen-bond donors (Lipinski definition) is 2. The van der Waals surface area contributed by atoms with E-state index in [1.54, 1.807) is 6.92 Å². The summed E-state index contributed by atoms with van der Waals surface area (Å²) < 4.78 is 5.57. The normalized spacial score (nSPS) is 13.1. The zero-order chi connectivity index (χ0) is 23.1. The predicted octanol–water partition coefficient (Wildman–Crippen LogP) is 4.02. The maximum absolute atomic E-state index is 12.5. The number of benzene rings is 2. The summed E-state index contributed by atoms with van der Waals surface area (Å²) >= 11 is 0. The summed E-state index contributed by atoms with van der Waals surface area (Å²) in [5.41, 5.74) is 4.60. The number of nitrogens with zero attached hydrogens (tertiary/aromatic N) is 1. The fourth-order valence-electron chi connectivity index (χ4n) is 4.13. The maximum Gasteiger partial charge on any atom is 0.407 e. The van der Waals surface area contributed by atoms with Gasteiger partial charge in [0.15, 0.2) is 0 Å². The second kappa shape index (κ2) is 10.8. The minimum atomic E-state index is -0.944. The Bertz CT molecular complexity index is 929. The quantitative estimate of drug-likeness (QED) is 0.584. The molecule has 1 aliphatic rings. The van der Waals surface area contributed by atoms with Gasteiger partial charge in [0.25, 0.3) is 0 Å². The Morgan fingerprint density at radius 3 is 2.16 bits per heavy atom. The molecule has 1 atom stereocenters. The van der Waals surface area contributed by atoms with Gasteiger partial charge >= 0.3 is 12.1 Å². The van der Waals surface area contributed by atoms with Crippen LogP contribution in [-0.2, 0) is 14.3 Å². The molecule has 7 heteroatoms. The van der Waals surface area contributed by atoms with Gasteiger partial charge in [-0.1, -0.05) is 55.5 Å². The molecule has 32 heavy (non-hydrogen) atoms. The first-order chi connectivity index (χ1) is 15.4. The van der Waals surface area contributed by atoms with Crippen LogP contribution in [0.1, 0.15) is 50.2 Å². The number of amides is 2. The Labute approximate surface area is 188 Å². The third-order valence-corrected chi connectivity index (χ3v) is 5.91. The number of aliphatic carboxylic acids is 1. The summed E-state index contributed by atoms with van der Waals surface area (Å²) in [6.07, 6.45) is 0.0108. The van der Waals surface area contributed by atoms with Crippen molar-refractivity contribution in [1.29, 1.82) is 0 Å². The molecule has 3 rings (SSSR count). The maximum atomic E-state index is 12.5. The van der Waals surface area contributed by atoms with Crippen LogP contribution in [0.25, 0.3) is 11.1 Å². The van der Waals surface area contributed by atoms with Crippen molar-refractivity contribution in [3.05, 3.63) is 59.7 Å². The van der Waals surface area contributed by atoms with Crippen LogP contribution < -0.4 is 5.32 Å². The summed E-state index contributed by atoms with van der Waals surface area (Å²) in [5.74, 6) is -1.15. The second-order valence-corrected chi connectivity index (χ2v) is 7.90. The molecule has 0 saturated carbocycles. The molecule has 0 spiro atoms. The van der Waals surface area contributed by atoms with Crippen LogP contribution in [-0.4, -0.2) is 53.7 Å². The van der Waals surface area contributed by atoms with Gasteiger partial charge in [0.1, 0.15) is 6.61 Å². The molecule has 0 fully saturated rings. The summed E-state index contributed by atoms with van der Waals surface area (Å²) in [7, 11) is 0. The van der Waals surface area contributed by atoms with Gasteiger partial charge in [-0.15, -0.1) is 0 Å². The van der Waals surface area contributed by atoms with Gasteiger partial charge in [0.2, 0.25) is 5.91 Å². The van der Waals surface area contributed by atoms with Gasteiger partial charge in [-0.05, 0) is 35.6 Å². The third-order valence-electron chi connectivity index (χ3n) is 5.91. The number of carboxylic acid groups (broad SMARTS) is 1. The lowest BCUT2D eigenvalue weighted by Crippen LogP contribution is -2.41. The van der Waals surface area contributed by atoms with Gasteiger partial charge < -0.3 is 20.1 Å². The fourth-order valence-corrected chi connectivity index (χ4v) is 4.13. The highest BCUT2D eigenvalue weighted by atomic mass is 16.5. The number of carbonyl (C=O) groups excluding carboxylic acids is 2. The van der Waals surface area contributed by atoms with Crippen molar-refractivity contribution in [2.75, 3.05) is 19.7 Å². The lowest BCUT2D eigenvalue weighted by Gasteiger charge is -2.24. The van der Waals surface area contributed by atoms with E-state index in [0.717, 1.165) is 22.3 Å². The molecule has 0 aromatic heterocycles. The molecule has 0 bridgehead atoms. The molecule has 1 aliphatic carbocycles. The molecule has 2 amide bonds. The number of rotatable bonds is 10. The number of hydrogen-bond acceptors (Lipinski definition) is 4. The highest BCUT2D eigenvalue weighted by Crippen LogP contribution is 2.44. The molecule has 2 aromatic rings. The number of alkyl carbamates (subject to hydrolysis) is 1. The van der Waals surface area contributed by atoms with E-state index in [0.29, 0.717) is 13.0 Å². The van der Waals surface area contributed by atoms with Crippen LogP contribution in [0, 0.1) is 0 Å². The molecule has 0 unspecified atom stereocenters. The molecule has 170 valence electrons. The van der Waals surface area contributed by atoms with E-state index in [9.17, 15) is 14.4 Å². The minimum absolute atomic E-state index is 0.0264. The van der Waals surface area contributed by atoms with E-state index >= 15 is 0 Å². The summed E-state index contributed by atoms with van der Waals surface area (Å²) in [6, 6.07) is 15.9. The highest BCUT2D eigenvalue weighted by molar-refractivity contribution is 5.80. The van der Waals surface area contributed by atoms with Crippen LogP contribution in [0.2, 0.25) is 0 Å². The Morgan fingerprint density at radius 2 is 1.62 bits per heavy atom. The summed E-state index contributed by atoms with van der Waals surface area (Å²) in [5, 5.41) is 11.6. The Hall–Kier alpha value is -3.35. The van der Waals surface area contributed by atoms with Crippen molar-refractivity contribution in [3.8, 4) is 11.1 Å². The van der Waals surface area contributed by atoms with E-state index in [1.165, 1.54) is 4.90 Å². The van der Waals surface area contributed by atoms with E-state index in [2.05, 4.69) is 29.6 Å². The zero-order valence-corrected chi connectivity index (χ0v) is 18.5. The lowest BCUT2D eigenvalue weighted by molar-refractivity contribution is -0.138. The van der Waals surface area contributed by atoms with E-state index < -0.39 is 12.1 Å². The SMILES string of the molecule is CC[C@H](CC(=O)N(CC)CCC(=O)O)NC(=O)OCC1c2ccccc2-c2ccccc21. The molecule has 7 nitrogen and oxygen atoms in total. The fraction of sp³-hybridized carbons (Fsp3) is 0.400. The van der Waals surface area contributed by atoms with Crippen LogP contribution in [0.3, 0.4) is 0 Å². The molecule has 2 N–H and O–H groups in total. The minimum Gasteiger partial charge on any atom is -0.481 e. The van der Waals surface area contributed by atoms with Crippen molar-refractivity contribution in [2.24, 2.45) is 0 Å². The molecule has 2 aromatic carbocycles. The van der Waals surface area contributed by atoms with Crippen molar-refractivity contribution in [3.63, 3.8) is 0 Å². The van der Waals surface area contributed by atoms with Crippen molar-refractivity contribution in [1.82, 2.24) is 10.2 Å². The largest absolute Gasteiger partial charge is 0.481 e. The molecule has 0 aliphatic heterocycles. The zero-order valence-electron chi connectivity index (χ0n) is 18.5. The van der Waals surface area contributed by atoms with Crippen molar-refractivity contribution >= 4 is 18.0 Å². The first kappa shape index (κ1) is 23.3. The Kier molecular flexibility index (Phi) is 7.87. The number of fused-ring (bicyclic) bond motifs is 3. The Balaban J connectivity index is 1.57. The van der Waals surface area contributed by atoms with Gasteiger partial charge in [-0.25, -0.2) is 4.79 Å². The number of carbonyl (C=O) groups is 3. The van der Waals surface area contributed by atoms with Crippen molar-refractivity contribution in [2.45, 2.75) is 45.1 Å². The van der Waals surface area contributed by atoms with Gasteiger partial charge in [-0.3, -0.25) is 9.59 Å². The predicted molar refractivity (Wildman–Crippen MR) is 121 cm³/mol. The first-order valence-corrected chi connectivity index (χ1v) is 11.1. The van der Waals surface area contributed by atoms with Crippen LogP contribution in [0.5, 0.6) is 0 Å². The summed E-state index contributed by atoms with van der Waals surface area (Å²) in [4.78, 5) is 37.3. The average molecular weight is 439 g/mol. The van der Waals surface area contributed by atoms with E-state index in [4.69, 9.17) is 9.84 Å². The topological polar surface area (TPSA) is 95.9 Å². The van der Waals surface area contributed by atoms with Crippen LogP contribution in [0.15, 0.2) is 48.5 Å². The summed E-state index contributed by atoms with van der Waals surface area (Å²) in [6.45, 7) is 4.48. The van der Waals surface area contributed by atoms with Crippen molar-refractivity contribution < 1.29 is 24.2 Å². The molecule has 0 radical (unpaired) electrons. The van der Waals surface area contributed by atoms with Crippen LogP contribution in [0.4, 0.5) is 4.79 Å². The first-order valence-electron chi connectivity index (χ1n) is 11.1. The van der Waals surface area contributed by atoms with Crippen LogP contribution >= 0.6 is 0 Å². The van der Waals surface area contributed by atoms with E-state index in [1.807, 2.05) is 31.2 Å². The monoisotopic (exact) mass is 438 g/mol.